The molecule has 0 atom stereocenters. The van der Waals surface area contributed by atoms with Gasteiger partial charge in [0.25, 0.3) is 0 Å². The summed E-state index contributed by atoms with van der Waals surface area (Å²) >= 11 is 1.96. The molecule has 0 spiro atoms. The lowest BCUT2D eigenvalue weighted by Gasteiger charge is -2.20. The van der Waals surface area contributed by atoms with Crippen molar-refractivity contribution in [3.63, 3.8) is 0 Å². The van der Waals surface area contributed by atoms with Crippen LogP contribution < -0.4 is 5.32 Å². The lowest BCUT2D eigenvalue weighted by atomic mass is 9.98. The summed E-state index contributed by atoms with van der Waals surface area (Å²) in [7, 11) is 0. The van der Waals surface area contributed by atoms with E-state index < -0.39 is 5.97 Å². The van der Waals surface area contributed by atoms with Crippen LogP contribution >= 0.6 is 11.8 Å². The van der Waals surface area contributed by atoms with Gasteiger partial charge in [0.15, 0.2) is 0 Å². The first-order chi connectivity index (χ1) is 10.2. The van der Waals surface area contributed by atoms with Crippen molar-refractivity contribution in [3.8, 4) is 0 Å². The number of carboxylic acid groups (broad SMARTS) is 1. The zero-order valence-corrected chi connectivity index (χ0v) is 12.8. The molecule has 0 unspecified atom stereocenters. The highest BCUT2D eigenvalue weighted by Crippen LogP contribution is 2.25. The van der Waals surface area contributed by atoms with Crippen molar-refractivity contribution >= 4 is 23.6 Å². The second-order valence-corrected chi connectivity index (χ2v) is 6.55. The molecule has 1 saturated heterocycles. The van der Waals surface area contributed by atoms with E-state index in [1.165, 1.54) is 0 Å². The minimum Gasteiger partial charge on any atom is -0.478 e. The SMILES string of the molecule is O=C(CC1CCSCC1)NCCc1ccccc1C(=O)O. The van der Waals surface area contributed by atoms with Gasteiger partial charge in [-0.25, -0.2) is 4.79 Å². The van der Waals surface area contributed by atoms with Gasteiger partial charge in [-0.1, -0.05) is 18.2 Å². The summed E-state index contributed by atoms with van der Waals surface area (Å²) in [5.74, 6) is 1.99. The molecular weight excluding hydrogens is 286 g/mol. The third-order valence-electron chi connectivity index (χ3n) is 3.78. The minimum atomic E-state index is -0.920. The molecule has 2 N–H and O–H groups in total. The van der Waals surface area contributed by atoms with Crippen molar-refractivity contribution < 1.29 is 14.7 Å². The third-order valence-corrected chi connectivity index (χ3v) is 4.83. The number of rotatable bonds is 6. The topological polar surface area (TPSA) is 66.4 Å². The fraction of sp³-hybridized carbons (Fsp3) is 0.500. The van der Waals surface area contributed by atoms with Crippen LogP contribution in [0.1, 0.15) is 35.2 Å². The number of carbonyl (C=O) groups is 2. The van der Waals surface area contributed by atoms with Crippen molar-refractivity contribution in [2.24, 2.45) is 5.92 Å². The van der Waals surface area contributed by atoms with Crippen LogP contribution in [0.2, 0.25) is 0 Å². The Bertz CT molecular complexity index is 498. The Hall–Kier alpha value is -1.49. The van der Waals surface area contributed by atoms with E-state index in [2.05, 4.69) is 5.32 Å². The van der Waals surface area contributed by atoms with Crippen LogP contribution in [-0.2, 0) is 11.2 Å². The standard InChI is InChI=1S/C16H21NO3S/c18-15(11-12-6-9-21-10-7-12)17-8-5-13-3-1-2-4-14(13)16(19)20/h1-4,12H,5-11H2,(H,17,18)(H,19,20). The van der Waals surface area contributed by atoms with E-state index in [1.54, 1.807) is 18.2 Å². The fourth-order valence-corrected chi connectivity index (χ4v) is 3.77. The van der Waals surface area contributed by atoms with Crippen LogP contribution in [0, 0.1) is 5.92 Å². The van der Waals surface area contributed by atoms with Gasteiger partial charge in [-0.05, 0) is 48.3 Å². The number of thioether (sulfide) groups is 1. The molecule has 0 radical (unpaired) electrons. The van der Waals surface area contributed by atoms with Crippen molar-refractivity contribution in [2.75, 3.05) is 18.1 Å². The van der Waals surface area contributed by atoms with Crippen LogP contribution in [0.4, 0.5) is 0 Å². The van der Waals surface area contributed by atoms with Crippen LogP contribution in [0.15, 0.2) is 24.3 Å². The normalized spacial score (nSPS) is 15.6. The van der Waals surface area contributed by atoms with Crippen molar-refractivity contribution in [1.82, 2.24) is 5.32 Å². The third kappa shape index (κ3) is 5.08. The first kappa shape index (κ1) is 15.9. The second kappa shape index (κ2) is 8.08. The van der Waals surface area contributed by atoms with E-state index in [-0.39, 0.29) is 5.91 Å². The molecule has 4 nitrogen and oxygen atoms in total. The highest BCUT2D eigenvalue weighted by molar-refractivity contribution is 7.99. The van der Waals surface area contributed by atoms with E-state index in [1.807, 2.05) is 17.8 Å². The fourth-order valence-electron chi connectivity index (χ4n) is 2.57. The van der Waals surface area contributed by atoms with Gasteiger partial charge in [-0.15, -0.1) is 0 Å². The summed E-state index contributed by atoms with van der Waals surface area (Å²) in [6.45, 7) is 0.491. The molecular formula is C16H21NO3S. The molecule has 1 aliphatic rings. The number of aromatic carboxylic acids is 1. The number of amides is 1. The van der Waals surface area contributed by atoms with Crippen molar-refractivity contribution in [1.29, 1.82) is 0 Å². The molecule has 1 aliphatic heterocycles. The van der Waals surface area contributed by atoms with Crippen LogP contribution in [-0.4, -0.2) is 35.0 Å². The molecule has 0 aliphatic carbocycles. The molecule has 1 amide bonds. The van der Waals surface area contributed by atoms with Gasteiger partial charge >= 0.3 is 5.97 Å². The predicted octanol–water partition coefficient (Wildman–Crippen LogP) is 2.58. The second-order valence-electron chi connectivity index (χ2n) is 5.32. The lowest BCUT2D eigenvalue weighted by molar-refractivity contribution is -0.122. The largest absolute Gasteiger partial charge is 0.478 e. The summed E-state index contributed by atoms with van der Waals surface area (Å²) in [5.41, 5.74) is 1.08. The van der Waals surface area contributed by atoms with Crippen LogP contribution in [0.25, 0.3) is 0 Å². The molecule has 114 valence electrons. The van der Waals surface area contributed by atoms with E-state index >= 15 is 0 Å². The summed E-state index contributed by atoms with van der Waals surface area (Å²) in [6.07, 6.45) is 3.40. The number of hydrogen-bond donors (Lipinski definition) is 2. The van der Waals surface area contributed by atoms with E-state index in [0.717, 1.165) is 29.9 Å². The Balaban J connectivity index is 1.76. The van der Waals surface area contributed by atoms with Gasteiger partial charge < -0.3 is 10.4 Å². The zero-order valence-electron chi connectivity index (χ0n) is 12.0. The average Bonchev–Trinajstić information content (AvgIpc) is 2.48. The van der Waals surface area contributed by atoms with Crippen molar-refractivity contribution in [2.45, 2.75) is 25.7 Å². The highest BCUT2D eigenvalue weighted by atomic mass is 32.2. The molecule has 0 bridgehead atoms. The van der Waals surface area contributed by atoms with E-state index in [0.29, 0.717) is 30.9 Å². The van der Waals surface area contributed by atoms with Gasteiger partial charge in [0.1, 0.15) is 0 Å². The number of nitrogens with one attached hydrogen (secondary N) is 1. The minimum absolute atomic E-state index is 0.0831. The van der Waals surface area contributed by atoms with E-state index in [9.17, 15) is 9.59 Å². The van der Waals surface area contributed by atoms with Crippen LogP contribution in [0.5, 0.6) is 0 Å². The molecule has 1 heterocycles. The molecule has 1 aromatic rings. The summed E-state index contributed by atoms with van der Waals surface area (Å²) in [6, 6.07) is 6.93. The Morgan fingerprint density at radius 3 is 2.67 bits per heavy atom. The first-order valence-corrected chi connectivity index (χ1v) is 8.48. The Morgan fingerprint density at radius 1 is 1.24 bits per heavy atom. The van der Waals surface area contributed by atoms with Gasteiger partial charge in [-0.2, -0.15) is 11.8 Å². The molecule has 2 rings (SSSR count). The lowest BCUT2D eigenvalue weighted by Crippen LogP contribution is -2.28. The van der Waals surface area contributed by atoms with Gasteiger partial charge in [-0.3, -0.25) is 4.79 Å². The number of hydrogen-bond acceptors (Lipinski definition) is 3. The monoisotopic (exact) mass is 307 g/mol. The zero-order chi connectivity index (χ0) is 15.1. The first-order valence-electron chi connectivity index (χ1n) is 7.32. The molecule has 0 saturated carbocycles. The van der Waals surface area contributed by atoms with Crippen molar-refractivity contribution in [3.05, 3.63) is 35.4 Å². The van der Waals surface area contributed by atoms with Gasteiger partial charge in [0.2, 0.25) is 5.91 Å². The summed E-state index contributed by atoms with van der Waals surface area (Å²) < 4.78 is 0. The van der Waals surface area contributed by atoms with E-state index in [4.69, 9.17) is 5.11 Å². The maximum Gasteiger partial charge on any atom is 0.335 e. The number of carbonyl (C=O) groups excluding carboxylic acids is 1. The number of benzene rings is 1. The summed E-state index contributed by atoms with van der Waals surface area (Å²) in [5, 5.41) is 12.0. The molecule has 21 heavy (non-hydrogen) atoms. The Labute approximate surface area is 129 Å². The molecule has 5 heteroatoms. The van der Waals surface area contributed by atoms with Gasteiger partial charge in [0, 0.05) is 13.0 Å². The molecule has 1 aromatic carbocycles. The average molecular weight is 307 g/mol. The predicted molar refractivity (Wildman–Crippen MR) is 84.8 cm³/mol. The smallest absolute Gasteiger partial charge is 0.335 e. The van der Waals surface area contributed by atoms with Crippen LogP contribution in [0.3, 0.4) is 0 Å². The molecule has 1 fully saturated rings. The number of carboxylic acids is 1. The molecule has 0 aromatic heterocycles. The maximum absolute atomic E-state index is 11.9. The quantitative estimate of drug-likeness (QED) is 0.847. The Morgan fingerprint density at radius 2 is 1.95 bits per heavy atom. The Kier molecular flexibility index (Phi) is 6.11. The van der Waals surface area contributed by atoms with Gasteiger partial charge in [0.05, 0.1) is 5.56 Å². The highest BCUT2D eigenvalue weighted by Gasteiger charge is 2.17. The maximum atomic E-state index is 11.9. The summed E-state index contributed by atoms with van der Waals surface area (Å²) in [4.78, 5) is 23.0.